The number of anilines is 1. The highest BCUT2D eigenvalue weighted by atomic mass is 32.2. The lowest BCUT2D eigenvalue weighted by Crippen LogP contribution is -2.29. The Hall–Kier alpha value is -1.17. The molecule has 0 radical (unpaired) electrons. The monoisotopic (exact) mass is 241 g/mol. The molecule has 0 bridgehead atoms. The lowest BCUT2D eigenvalue weighted by molar-refractivity contribution is 0.581. The molecule has 1 unspecified atom stereocenters. The number of aromatic nitrogens is 2. The van der Waals surface area contributed by atoms with Crippen LogP contribution in [-0.2, 0) is 9.84 Å². The van der Waals surface area contributed by atoms with Crippen LogP contribution in [0.3, 0.4) is 0 Å². The third-order valence-electron chi connectivity index (χ3n) is 2.62. The van der Waals surface area contributed by atoms with Gasteiger partial charge < -0.3 is 4.90 Å². The smallest absolute Gasteiger partial charge is 0.152 e. The Balaban J connectivity index is 2.19. The summed E-state index contributed by atoms with van der Waals surface area (Å²) in [4.78, 5) is 10.2. The fraction of sp³-hybridized carbons (Fsp3) is 0.600. The molecule has 88 valence electrons. The van der Waals surface area contributed by atoms with E-state index in [4.69, 9.17) is 0 Å². The second kappa shape index (κ2) is 4.37. The van der Waals surface area contributed by atoms with Crippen molar-refractivity contribution in [3.8, 4) is 0 Å². The van der Waals surface area contributed by atoms with Gasteiger partial charge in [-0.05, 0) is 5.92 Å². The van der Waals surface area contributed by atoms with Gasteiger partial charge in [-0.2, -0.15) is 0 Å². The molecular weight excluding hydrogens is 226 g/mol. The zero-order chi connectivity index (χ0) is 11.6. The minimum absolute atomic E-state index is 0.134. The maximum absolute atomic E-state index is 11.6. The Labute approximate surface area is 95.4 Å². The molecule has 0 aliphatic carbocycles. The van der Waals surface area contributed by atoms with Crippen LogP contribution in [0.15, 0.2) is 18.6 Å². The van der Waals surface area contributed by atoms with Gasteiger partial charge in [0.1, 0.15) is 5.82 Å². The van der Waals surface area contributed by atoms with Gasteiger partial charge in [0.05, 0.1) is 17.7 Å². The number of hydrogen-bond acceptors (Lipinski definition) is 5. The summed E-state index contributed by atoms with van der Waals surface area (Å²) in [6.07, 6.45) is 4.91. The van der Waals surface area contributed by atoms with Gasteiger partial charge in [0.25, 0.3) is 0 Å². The van der Waals surface area contributed by atoms with Crippen molar-refractivity contribution >= 4 is 15.7 Å². The second-order valence-electron chi connectivity index (χ2n) is 4.23. The van der Waals surface area contributed by atoms with Gasteiger partial charge in [0, 0.05) is 25.5 Å². The predicted octanol–water partition coefficient (Wildman–Crippen LogP) is 0.347. The summed E-state index contributed by atoms with van der Waals surface area (Å²) < 4.78 is 23.2. The lowest BCUT2D eigenvalue weighted by Gasteiger charge is -2.22. The van der Waals surface area contributed by atoms with E-state index >= 15 is 0 Å². The van der Waals surface area contributed by atoms with Crippen LogP contribution in [-0.4, -0.2) is 43.0 Å². The predicted molar refractivity (Wildman–Crippen MR) is 62.1 cm³/mol. The van der Waals surface area contributed by atoms with Crippen LogP contribution in [0.25, 0.3) is 0 Å². The average molecular weight is 241 g/mol. The highest BCUT2D eigenvalue weighted by molar-refractivity contribution is 7.91. The minimum atomic E-state index is -2.90. The van der Waals surface area contributed by atoms with Gasteiger partial charge in [-0.25, -0.2) is 13.4 Å². The number of sulfone groups is 1. The third kappa shape index (κ3) is 2.69. The van der Waals surface area contributed by atoms with Gasteiger partial charge in [0.2, 0.25) is 0 Å². The Morgan fingerprint density at radius 1 is 1.44 bits per heavy atom. The first-order valence-corrected chi connectivity index (χ1v) is 7.10. The molecule has 2 rings (SSSR count). The Morgan fingerprint density at radius 2 is 2.25 bits per heavy atom. The largest absolute Gasteiger partial charge is 0.354 e. The molecule has 6 heteroatoms. The number of hydrogen-bond donors (Lipinski definition) is 0. The first-order chi connectivity index (χ1) is 7.57. The summed E-state index contributed by atoms with van der Waals surface area (Å²) >= 11 is 0. The van der Waals surface area contributed by atoms with E-state index in [9.17, 15) is 8.42 Å². The van der Waals surface area contributed by atoms with E-state index in [1.54, 1.807) is 18.6 Å². The molecule has 16 heavy (non-hydrogen) atoms. The van der Waals surface area contributed by atoms with E-state index in [-0.39, 0.29) is 17.4 Å². The van der Waals surface area contributed by atoms with Crippen molar-refractivity contribution in [1.29, 1.82) is 0 Å². The quantitative estimate of drug-likeness (QED) is 0.710. The molecule has 1 atom stereocenters. The second-order valence-corrected chi connectivity index (χ2v) is 6.46. The van der Waals surface area contributed by atoms with Crippen molar-refractivity contribution in [2.45, 2.75) is 6.92 Å². The van der Waals surface area contributed by atoms with E-state index in [1.165, 1.54) is 0 Å². The van der Waals surface area contributed by atoms with Crippen LogP contribution in [0.1, 0.15) is 6.92 Å². The standard InChI is InChI=1S/C10H15N3O2S/c1-9-7-13(4-5-16(14,15)8-9)10-6-11-2-3-12-10/h2-3,6,9H,4-5,7-8H2,1H3. The maximum atomic E-state index is 11.6. The summed E-state index contributed by atoms with van der Waals surface area (Å²) in [6.45, 7) is 3.18. The summed E-state index contributed by atoms with van der Waals surface area (Å²) in [5, 5.41) is 0. The fourth-order valence-electron chi connectivity index (χ4n) is 1.95. The van der Waals surface area contributed by atoms with Crippen molar-refractivity contribution in [2.24, 2.45) is 5.92 Å². The van der Waals surface area contributed by atoms with Crippen LogP contribution < -0.4 is 4.90 Å². The molecule has 0 N–H and O–H groups in total. The van der Waals surface area contributed by atoms with Crippen LogP contribution in [0, 0.1) is 5.92 Å². The van der Waals surface area contributed by atoms with Crippen molar-refractivity contribution in [1.82, 2.24) is 9.97 Å². The summed E-state index contributed by atoms with van der Waals surface area (Å²) in [5.41, 5.74) is 0. The number of rotatable bonds is 1. The average Bonchev–Trinajstić information content (AvgIpc) is 2.37. The third-order valence-corrected chi connectivity index (χ3v) is 4.50. The minimum Gasteiger partial charge on any atom is -0.354 e. The molecule has 1 saturated heterocycles. The maximum Gasteiger partial charge on any atom is 0.152 e. The Kier molecular flexibility index (Phi) is 3.09. The van der Waals surface area contributed by atoms with Crippen LogP contribution in [0.2, 0.25) is 0 Å². The summed E-state index contributed by atoms with van der Waals surface area (Å²) in [5.74, 6) is 1.36. The van der Waals surface area contributed by atoms with E-state index in [0.29, 0.717) is 6.54 Å². The molecule has 0 spiro atoms. The summed E-state index contributed by atoms with van der Waals surface area (Å²) in [6, 6.07) is 0. The molecule has 2 heterocycles. The van der Waals surface area contributed by atoms with Crippen molar-refractivity contribution in [2.75, 3.05) is 29.5 Å². The molecule has 5 nitrogen and oxygen atoms in total. The first kappa shape index (κ1) is 11.3. The number of nitrogens with zero attached hydrogens (tertiary/aromatic N) is 3. The molecule has 0 saturated carbocycles. The van der Waals surface area contributed by atoms with Gasteiger partial charge in [-0.15, -0.1) is 0 Å². The van der Waals surface area contributed by atoms with Crippen molar-refractivity contribution in [3.05, 3.63) is 18.6 Å². The van der Waals surface area contributed by atoms with Crippen LogP contribution >= 0.6 is 0 Å². The van der Waals surface area contributed by atoms with E-state index in [0.717, 1.165) is 12.4 Å². The van der Waals surface area contributed by atoms with Crippen LogP contribution in [0.5, 0.6) is 0 Å². The molecular formula is C10H15N3O2S. The molecule has 1 aromatic rings. The van der Waals surface area contributed by atoms with E-state index < -0.39 is 9.84 Å². The molecule has 1 fully saturated rings. The molecule has 1 aromatic heterocycles. The van der Waals surface area contributed by atoms with Crippen molar-refractivity contribution in [3.63, 3.8) is 0 Å². The normalized spacial score (nSPS) is 25.1. The van der Waals surface area contributed by atoms with Crippen LogP contribution in [0.4, 0.5) is 5.82 Å². The zero-order valence-electron chi connectivity index (χ0n) is 9.20. The van der Waals surface area contributed by atoms with Crippen molar-refractivity contribution < 1.29 is 8.42 Å². The van der Waals surface area contributed by atoms with Gasteiger partial charge >= 0.3 is 0 Å². The highest BCUT2D eigenvalue weighted by Crippen LogP contribution is 2.16. The first-order valence-electron chi connectivity index (χ1n) is 5.28. The van der Waals surface area contributed by atoms with Gasteiger partial charge in [0.15, 0.2) is 9.84 Å². The van der Waals surface area contributed by atoms with Gasteiger partial charge in [-0.1, -0.05) is 6.92 Å². The molecule has 0 aromatic carbocycles. The lowest BCUT2D eigenvalue weighted by atomic mass is 10.2. The van der Waals surface area contributed by atoms with Gasteiger partial charge in [-0.3, -0.25) is 4.98 Å². The fourth-order valence-corrected chi connectivity index (χ4v) is 3.59. The summed E-state index contributed by atoms with van der Waals surface area (Å²) in [7, 11) is -2.90. The SMILES string of the molecule is CC1CN(c2cnccn2)CCS(=O)(=O)C1. The van der Waals surface area contributed by atoms with E-state index in [1.807, 2.05) is 11.8 Å². The molecule has 0 amide bonds. The zero-order valence-corrected chi connectivity index (χ0v) is 10.0. The highest BCUT2D eigenvalue weighted by Gasteiger charge is 2.24. The van der Waals surface area contributed by atoms with E-state index in [2.05, 4.69) is 9.97 Å². The molecule has 1 aliphatic heterocycles. The Bertz CT molecular complexity index is 446. The topological polar surface area (TPSA) is 63.2 Å². The molecule has 1 aliphatic rings. The Morgan fingerprint density at radius 3 is 2.94 bits per heavy atom.